The largest absolute Gasteiger partial charge is 0.315 e. The average molecular weight is 252 g/mol. The minimum absolute atomic E-state index is 0.0747. The van der Waals surface area contributed by atoms with E-state index in [4.69, 9.17) is 0 Å². The van der Waals surface area contributed by atoms with Gasteiger partial charge in [0, 0.05) is 19.4 Å². The number of imide groups is 1. The highest BCUT2D eigenvalue weighted by atomic mass is 16.2. The second-order valence-corrected chi connectivity index (χ2v) is 5.56. The van der Waals surface area contributed by atoms with E-state index in [0.29, 0.717) is 0 Å². The van der Waals surface area contributed by atoms with E-state index in [-0.39, 0.29) is 23.8 Å². The summed E-state index contributed by atoms with van der Waals surface area (Å²) in [5, 5.41) is 3.28. The maximum Gasteiger partial charge on any atom is 0.232 e. The molecule has 2 fully saturated rings. The maximum absolute atomic E-state index is 12.5. The molecule has 2 rings (SSSR count). The molecule has 1 aliphatic carbocycles. The summed E-state index contributed by atoms with van der Waals surface area (Å²) in [4.78, 5) is 25.9. The summed E-state index contributed by atoms with van der Waals surface area (Å²) in [6.45, 7) is 3.28. The number of hydrogen-bond donors (Lipinski definition) is 1. The first kappa shape index (κ1) is 13.5. The van der Waals surface area contributed by atoms with Crippen LogP contribution in [0, 0.1) is 5.92 Å². The van der Waals surface area contributed by atoms with E-state index in [1.165, 1.54) is 13.3 Å². The van der Waals surface area contributed by atoms with Gasteiger partial charge in [0.1, 0.15) is 0 Å². The third-order valence-electron chi connectivity index (χ3n) is 4.17. The van der Waals surface area contributed by atoms with Crippen molar-refractivity contribution in [2.75, 3.05) is 13.1 Å². The van der Waals surface area contributed by atoms with Crippen LogP contribution in [0.25, 0.3) is 0 Å². The first-order chi connectivity index (χ1) is 8.70. The molecule has 102 valence electrons. The SMILES string of the molecule is CC(=O)N(C(=O)C1CCCCC1)C1CCCNC1. The molecule has 0 aromatic heterocycles. The molecule has 4 heteroatoms. The quantitative estimate of drug-likeness (QED) is 0.813. The van der Waals surface area contributed by atoms with Gasteiger partial charge in [-0.15, -0.1) is 0 Å². The van der Waals surface area contributed by atoms with Gasteiger partial charge in [0.05, 0.1) is 6.04 Å². The van der Waals surface area contributed by atoms with Crippen molar-refractivity contribution >= 4 is 11.8 Å². The van der Waals surface area contributed by atoms with Gasteiger partial charge in [-0.25, -0.2) is 0 Å². The molecule has 0 bridgehead atoms. The first-order valence-electron chi connectivity index (χ1n) is 7.24. The van der Waals surface area contributed by atoms with Crippen molar-refractivity contribution in [2.45, 2.75) is 57.9 Å². The van der Waals surface area contributed by atoms with Crippen molar-refractivity contribution in [1.82, 2.24) is 10.2 Å². The Bertz CT molecular complexity index is 305. The van der Waals surface area contributed by atoms with Crippen molar-refractivity contribution in [1.29, 1.82) is 0 Å². The number of carbonyl (C=O) groups excluding carboxylic acids is 2. The number of amides is 2. The van der Waals surface area contributed by atoms with Crippen molar-refractivity contribution in [3.63, 3.8) is 0 Å². The summed E-state index contributed by atoms with van der Waals surface area (Å²) in [7, 11) is 0. The smallest absolute Gasteiger partial charge is 0.232 e. The van der Waals surface area contributed by atoms with Crippen LogP contribution in [0.1, 0.15) is 51.9 Å². The molecule has 1 unspecified atom stereocenters. The molecule has 2 aliphatic rings. The van der Waals surface area contributed by atoms with E-state index >= 15 is 0 Å². The molecule has 1 saturated carbocycles. The molecular formula is C14H24N2O2. The van der Waals surface area contributed by atoms with Gasteiger partial charge in [-0.1, -0.05) is 19.3 Å². The van der Waals surface area contributed by atoms with Gasteiger partial charge in [-0.05, 0) is 32.2 Å². The van der Waals surface area contributed by atoms with Crippen LogP contribution in [0.3, 0.4) is 0 Å². The van der Waals surface area contributed by atoms with Gasteiger partial charge < -0.3 is 5.32 Å². The molecule has 18 heavy (non-hydrogen) atoms. The molecule has 0 spiro atoms. The summed E-state index contributed by atoms with van der Waals surface area (Å²) in [5.41, 5.74) is 0. The molecule has 1 atom stereocenters. The van der Waals surface area contributed by atoms with E-state index in [0.717, 1.165) is 51.6 Å². The number of piperidine rings is 1. The van der Waals surface area contributed by atoms with E-state index in [9.17, 15) is 9.59 Å². The molecule has 0 aromatic carbocycles. The zero-order valence-corrected chi connectivity index (χ0v) is 11.3. The fraction of sp³-hybridized carbons (Fsp3) is 0.857. The number of carbonyl (C=O) groups is 2. The Morgan fingerprint density at radius 3 is 2.33 bits per heavy atom. The predicted molar refractivity (Wildman–Crippen MR) is 70.0 cm³/mol. The molecule has 0 aromatic rings. The number of rotatable bonds is 2. The molecule has 0 radical (unpaired) electrons. The Balaban J connectivity index is 2.03. The Hall–Kier alpha value is -0.900. The normalized spacial score (nSPS) is 25.7. The average Bonchev–Trinajstić information content (AvgIpc) is 2.40. The number of hydrogen-bond acceptors (Lipinski definition) is 3. The zero-order chi connectivity index (χ0) is 13.0. The highest BCUT2D eigenvalue weighted by Crippen LogP contribution is 2.27. The summed E-state index contributed by atoms with van der Waals surface area (Å²) >= 11 is 0. The second kappa shape index (κ2) is 6.32. The van der Waals surface area contributed by atoms with Crippen LogP contribution in [0.4, 0.5) is 0 Å². The van der Waals surface area contributed by atoms with Crippen LogP contribution in [-0.2, 0) is 9.59 Å². The van der Waals surface area contributed by atoms with Crippen molar-refractivity contribution in [3.05, 3.63) is 0 Å². The van der Waals surface area contributed by atoms with Crippen LogP contribution < -0.4 is 5.32 Å². The van der Waals surface area contributed by atoms with E-state index in [1.54, 1.807) is 4.90 Å². The highest BCUT2D eigenvalue weighted by Gasteiger charge is 2.33. The predicted octanol–water partition coefficient (Wildman–Crippen LogP) is 1.69. The lowest BCUT2D eigenvalue weighted by atomic mass is 9.87. The third kappa shape index (κ3) is 3.10. The summed E-state index contributed by atoms with van der Waals surface area (Å²) in [6.07, 6.45) is 7.41. The number of nitrogens with zero attached hydrogens (tertiary/aromatic N) is 1. The van der Waals surface area contributed by atoms with E-state index in [1.807, 2.05) is 0 Å². The fourth-order valence-electron chi connectivity index (χ4n) is 3.19. The van der Waals surface area contributed by atoms with Crippen LogP contribution >= 0.6 is 0 Å². The van der Waals surface area contributed by atoms with Gasteiger partial charge in [-0.3, -0.25) is 14.5 Å². The number of nitrogens with one attached hydrogen (secondary N) is 1. The molecule has 4 nitrogen and oxygen atoms in total. The molecule has 1 N–H and O–H groups in total. The highest BCUT2D eigenvalue weighted by molar-refractivity contribution is 5.95. The van der Waals surface area contributed by atoms with E-state index < -0.39 is 0 Å². The Labute approximate surface area is 109 Å². The minimum atomic E-state index is -0.0840. The van der Waals surface area contributed by atoms with Gasteiger partial charge in [0.15, 0.2) is 0 Å². The monoisotopic (exact) mass is 252 g/mol. The van der Waals surface area contributed by atoms with Gasteiger partial charge >= 0.3 is 0 Å². The standard InChI is InChI=1S/C14H24N2O2/c1-11(17)16(13-8-5-9-15-10-13)14(18)12-6-3-2-4-7-12/h12-13,15H,2-10H2,1H3. The lowest BCUT2D eigenvalue weighted by Gasteiger charge is -2.35. The summed E-state index contributed by atoms with van der Waals surface area (Å²) < 4.78 is 0. The maximum atomic E-state index is 12.5. The Morgan fingerprint density at radius 1 is 1.06 bits per heavy atom. The van der Waals surface area contributed by atoms with Crippen molar-refractivity contribution in [3.8, 4) is 0 Å². The lowest BCUT2D eigenvalue weighted by Crippen LogP contribution is -2.52. The van der Waals surface area contributed by atoms with Gasteiger partial charge in [0.25, 0.3) is 0 Å². The van der Waals surface area contributed by atoms with Crippen LogP contribution in [0.15, 0.2) is 0 Å². The second-order valence-electron chi connectivity index (χ2n) is 5.56. The van der Waals surface area contributed by atoms with E-state index in [2.05, 4.69) is 5.32 Å². The fourth-order valence-corrected chi connectivity index (χ4v) is 3.19. The van der Waals surface area contributed by atoms with Crippen LogP contribution in [0.5, 0.6) is 0 Å². The minimum Gasteiger partial charge on any atom is -0.315 e. The van der Waals surface area contributed by atoms with Gasteiger partial charge in [0.2, 0.25) is 11.8 Å². The van der Waals surface area contributed by atoms with Crippen LogP contribution in [-0.4, -0.2) is 35.8 Å². The van der Waals surface area contributed by atoms with Crippen molar-refractivity contribution < 1.29 is 9.59 Å². The topological polar surface area (TPSA) is 49.4 Å². The summed E-state index contributed by atoms with van der Waals surface area (Å²) in [6, 6.07) is 0.0747. The third-order valence-corrected chi connectivity index (χ3v) is 4.17. The van der Waals surface area contributed by atoms with Crippen LogP contribution in [0.2, 0.25) is 0 Å². The molecule has 1 saturated heterocycles. The molecule has 1 heterocycles. The molecule has 1 aliphatic heterocycles. The molecule has 2 amide bonds. The lowest BCUT2D eigenvalue weighted by molar-refractivity contribution is -0.150. The molecular weight excluding hydrogens is 228 g/mol. The van der Waals surface area contributed by atoms with Gasteiger partial charge in [-0.2, -0.15) is 0 Å². The first-order valence-corrected chi connectivity index (χ1v) is 7.24. The van der Waals surface area contributed by atoms with Crippen molar-refractivity contribution in [2.24, 2.45) is 5.92 Å². The Kier molecular flexibility index (Phi) is 4.75. The summed E-state index contributed by atoms with van der Waals surface area (Å²) in [5.74, 6) is 0.0831. The Morgan fingerprint density at radius 2 is 1.78 bits per heavy atom. The zero-order valence-electron chi connectivity index (χ0n) is 11.3.